The van der Waals surface area contributed by atoms with Crippen LogP contribution >= 0.6 is 45.2 Å². The first kappa shape index (κ1) is 13.1. The predicted octanol–water partition coefficient (Wildman–Crippen LogP) is 5.07. The number of benzene rings is 2. The van der Waals surface area contributed by atoms with Crippen LogP contribution in [0.4, 0.5) is 5.69 Å². The first-order valence-corrected chi connectivity index (χ1v) is 7.58. The molecule has 0 aliphatic heterocycles. The standard InChI is InChI=1S/C14H13I2N/c1-10(11-5-7-12(15)8-6-11)17-14-4-2-3-13(16)9-14/h2-10,17H,1H3. The third kappa shape index (κ3) is 3.84. The second-order valence-corrected chi connectivity index (χ2v) is 6.42. The van der Waals surface area contributed by atoms with Crippen LogP contribution in [0.25, 0.3) is 0 Å². The van der Waals surface area contributed by atoms with Gasteiger partial charge in [-0.2, -0.15) is 0 Å². The van der Waals surface area contributed by atoms with Crippen molar-refractivity contribution < 1.29 is 0 Å². The summed E-state index contributed by atoms with van der Waals surface area (Å²) in [5, 5.41) is 3.51. The van der Waals surface area contributed by atoms with Gasteiger partial charge in [0.1, 0.15) is 0 Å². The molecule has 2 aromatic rings. The van der Waals surface area contributed by atoms with E-state index in [0.717, 1.165) is 0 Å². The van der Waals surface area contributed by atoms with Crippen LogP contribution in [0.2, 0.25) is 0 Å². The third-order valence-corrected chi connectivity index (χ3v) is 3.97. The molecule has 0 saturated carbocycles. The smallest absolute Gasteiger partial charge is 0.0485 e. The molecule has 88 valence electrons. The van der Waals surface area contributed by atoms with Crippen molar-refractivity contribution in [3.05, 3.63) is 61.2 Å². The van der Waals surface area contributed by atoms with Gasteiger partial charge in [0.2, 0.25) is 0 Å². The Balaban J connectivity index is 2.11. The van der Waals surface area contributed by atoms with E-state index < -0.39 is 0 Å². The molecule has 2 rings (SSSR count). The molecule has 1 unspecified atom stereocenters. The molecule has 0 radical (unpaired) electrons. The van der Waals surface area contributed by atoms with Gasteiger partial charge < -0.3 is 5.32 Å². The lowest BCUT2D eigenvalue weighted by atomic mass is 10.1. The van der Waals surface area contributed by atoms with Gasteiger partial charge in [0, 0.05) is 18.9 Å². The zero-order valence-electron chi connectivity index (χ0n) is 9.45. The first-order valence-electron chi connectivity index (χ1n) is 5.43. The van der Waals surface area contributed by atoms with Crippen molar-refractivity contribution in [2.24, 2.45) is 0 Å². The lowest BCUT2D eigenvalue weighted by Crippen LogP contribution is -2.06. The molecule has 0 heterocycles. The van der Waals surface area contributed by atoms with Gasteiger partial charge >= 0.3 is 0 Å². The maximum absolute atomic E-state index is 3.51. The Hall–Kier alpha value is -0.300. The number of anilines is 1. The van der Waals surface area contributed by atoms with Crippen molar-refractivity contribution in [1.82, 2.24) is 0 Å². The molecule has 0 saturated heterocycles. The lowest BCUT2D eigenvalue weighted by molar-refractivity contribution is 0.884. The van der Waals surface area contributed by atoms with Crippen LogP contribution in [0.15, 0.2) is 48.5 Å². The fourth-order valence-corrected chi connectivity index (χ4v) is 2.57. The van der Waals surface area contributed by atoms with Crippen molar-refractivity contribution in [3.63, 3.8) is 0 Å². The van der Waals surface area contributed by atoms with Crippen molar-refractivity contribution in [2.45, 2.75) is 13.0 Å². The molecule has 3 heteroatoms. The number of nitrogens with one attached hydrogen (secondary N) is 1. The van der Waals surface area contributed by atoms with E-state index in [0.29, 0.717) is 6.04 Å². The predicted molar refractivity (Wildman–Crippen MR) is 90.4 cm³/mol. The minimum absolute atomic E-state index is 0.324. The first-order chi connectivity index (χ1) is 8.15. The van der Waals surface area contributed by atoms with E-state index in [9.17, 15) is 0 Å². The third-order valence-electron chi connectivity index (χ3n) is 2.58. The number of halogens is 2. The fourth-order valence-electron chi connectivity index (χ4n) is 1.66. The van der Waals surface area contributed by atoms with Crippen LogP contribution in [-0.4, -0.2) is 0 Å². The Morgan fingerprint density at radius 2 is 1.65 bits per heavy atom. The van der Waals surface area contributed by atoms with Crippen LogP contribution < -0.4 is 5.32 Å². The van der Waals surface area contributed by atoms with Crippen LogP contribution in [0.3, 0.4) is 0 Å². The summed E-state index contributed by atoms with van der Waals surface area (Å²) in [6, 6.07) is 17.4. The molecule has 2 aromatic carbocycles. The van der Waals surface area contributed by atoms with Gasteiger partial charge in [0.15, 0.2) is 0 Å². The Morgan fingerprint density at radius 1 is 0.941 bits per heavy atom. The monoisotopic (exact) mass is 449 g/mol. The molecule has 0 amide bonds. The molecule has 0 bridgehead atoms. The highest BCUT2D eigenvalue weighted by atomic mass is 127. The lowest BCUT2D eigenvalue weighted by Gasteiger charge is -2.16. The van der Waals surface area contributed by atoms with E-state index >= 15 is 0 Å². The van der Waals surface area contributed by atoms with Gasteiger partial charge in [-0.15, -0.1) is 0 Å². The van der Waals surface area contributed by atoms with Gasteiger partial charge in [-0.05, 0) is 88.0 Å². The summed E-state index contributed by atoms with van der Waals surface area (Å²) in [7, 11) is 0. The highest BCUT2D eigenvalue weighted by Crippen LogP contribution is 2.21. The molecule has 1 atom stereocenters. The summed E-state index contributed by atoms with van der Waals surface area (Å²) in [6.07, 6.45) is 0. The average Bonchev–Trinajstić information content (AvgIpc) is 2.29. The molecule has 0 fully saturated rings. The SMILES string of the molecule is CC(Nc1cccc(I)c1)c1ccc(I)cc1. The van der Waals surface area contributed by atoms with E-state index in [-0.39, 0.29) is 0 Å². The summed E-state index contributed by atoms with van der Waals surface area (Å²) in [5.41, 5.74) is 2.48. The van der Waals surface area contributed by atoms with Crippen molar-refractivity contribution in [3.8, 4) is 0 Å². The van der Waals surface area contributed by atoms with Crippen LogP contribution in [0.5, 0.6) is 0 Å². The molecule has 0 spiro atoms. The summed E-state index contributed by atoms with van der Waals surface area (Å²) < 4.78 is 2.52. The van der Waals surface area contributed by atoms with Gasteiger partial charge in [0.05, 0.1) is 0 Å². The number of hydrogen-bond acceptors (Lipinski definition) is 1. The molecule has 0 aliphatic carbocycles. The average molecular weight is 449 g/mol. The second-order valence-electron chi connectivity index (χ2n) is 3.93. The Kier molecular flexibility index (Phi) is 4.67. The highest BCUT2D eigenvalue weighted by Gasteiger charge is 2.04. The summed E-state index contributed by atoms with van der Waals surface area (Å²) in [6.45, 7) is 2.18. The highest BCUT2D eigenvalue weighted by molar-refractivity contribution is 14.1. The molecular weight excluding hydrogens is 436 g/mol. The summed E-state index contributed by atoms with van der Waals surface area (Å²) in [4.78, 5) is 0. The van der Waals surface area contributed by atoms with E-state index in [1.807, 2.05) is 0 Å². The van der Waals surface area contributed by atoms with Crippen molar-refractivity contribution in [2.75, 3.05) is 5.32 Å². The van der Waals surface area contributed by atoms with Crippen LogP contribution in [-0.2, 0) is 0 Å². The van der Waals surface area contributed by atoms with E-state index in [4.69, 9.17) is 0 Å². The minimum atomic E-state index is 0.324. The topological polar surface area (TPSA) is 12.0 Å². The molecule has 0 aromatic heterocycles. The van der Waals surface area contributed by atoms with Crippen molar-refractivity contribution >= 4 is 50.9 Å². The maximum atomic E-state index is 3.51. The normalized spacial score (nSPS) is 12.2. The molecule has 1 nitrogen and oxygen atoms in total. The molecule has 17 heavy (non-hydrogen) atoms. The molecular formula is C14H13I2N. The number of hydrogen-bond donors (Lipinski definition) is 1. The van der Waals surface area contributed by atoms with Gasteiger partial charge in [-0.25, -0.2) is 0 Å². The molecule has 1 N–H and O–H groups in total. The largest absolute Gasteiger partial charge is 0.378 e. The van der Waals surface area contributed by atoms with Gasteiger partial charge in [0.25, 0.3) is 0 Å². The quantitative estimate of drug-likeness (QED) is 0.646. The van der Waals surface area contributed by atoms with E-state index in [1.165, 1.54) is 18.4 Å². The maximum Gasteiger partial charge on any atom is 0.0485 e. The number of rotatable bonds is 3. The van der Waals surface area contributed by atoms with Crippen molar-refractivity contribution in [1.29, 1.82) is 0 Å². The molecule has 0 aliphatic rings. The summed E-state index contributed by atoms with van der Waals surface area (Å²) in [5.74, 6) is 0. The second kappa shape index (κ2) is 6.04. The van der Waals surface area contributed by atoms with Crippen LogP contribution in [0.1, 0.15) is 18.5 Å². The van der Waals surface area contributed by atoms with Gasteiger partial charge in [-0.1, -0.05) is 18.2 Å². The fraction of sp³-hybridized carbons (Fsp3) is 0.143. The van der Waals surface area contributed by atoms with E-state index in [1.54, 1.807) is 0 Å². The Bertz CT molecular complexity index is 494. The zero-order chi connectivity index (χ0) is 12.3. The van der Waals surface area contributed by atoms with E-state index in [2.05, 4.69) is 106 Å². The Morgan fingerprint density at radius 3 is 2.29 bits per heavy atom. The zero-order valence-corrected chi connectivity index (χ0v) is 13.8. The minimum Gasteiger partial charge on any atom is -0.378 e. The van der Waals surface area contributed by atoms with Crippen LogP contribution in [0, 0.1) is 7.14 Å². The summed E-state index contributed by atoms with van der Waals surface area (Å²) >= 11 is 4.66. The Labute approximate surface area is 129 Å². The van der Waals surface area contributed by atoms with Gasteiger partial charge in [-0.3, -0.25) is 0 Å².